The van der Waals surface area contributed by atoms with Gasteiger partial charge in [-0.25, -0.2) is 0 Å². The molecule has 1 saturated heterocycles. The fourth-order valence-corrected chi connectivity index (χ4v) is 5.21. The molecule has 0 aromatic carbocycles. The van der Waals surface area contributed by atoms with Crippen LogP contribution in [0, 0.1) is 0 Å². The Hall–Kier alpha value is -0.790. The highest BCUT2D eigenvalue weighted by Crippen LogP contribution is 2.15. The van der Waals surface area contributed by atoms with Crippen LogP contribution in [0.2, 0.25) is 0 Å². The average Bonchev–Trinajstić information content (AvgIpc) is 3.12. The number of hydrogen-bond donors (Lipinski definition) is 3. The van der Waals surface area contributed by atoms with Crippen LogP contribution < -0.4 is 0 Å². The van der Waals surface area contributed by atoms with E-state index in [2.05, 4.69) is 49.8 Å². The number of unbranched alkanes of at least 4 members (excludes halogenated alkanes) is 18. The summed E-state index contributed by atoms with van der Waals surface area (Å²) in [6, 6.07) is 0. The van der Waals surface area contributed by atoms with Crippen LogP contribution in [0.15, 0.2) is 24.3 Å². The van der Waals surface area contributed by atoms with E-state index in [1.54, 1.807) is 0 Å². The summed E-state index contributed by atoms with van der Waals surface area (Å²) in [6.07, 6.45) is 39.1. The van der Waals surface area contributed by atoms with Gasteiger partial charge in [0.2, 0.25) is 0 Å². The van der Waals surface area contributed by atoms with Gasteiger partial charge in [-0.15, -0.1) is 0 Å². The molecule has 0 aromatic rings. The molecule has 0 aliphatic carbocycles. The maximum absolute atomic E-state index is 10.9. The standard InChI is InChI=1S/C21H38O4.C17H32O3.CH4O.H2P2S/c22-20(23)16-12-10-8-6-4-2-1-3-5-7-9-11-14-18-24-21-17-13-15-19-25-21;1-20-17(19)15-13-11-9-7-5-3-2-4-6-8-10-12-14-16-18;1-2;1-2-3/h5,7,21H,1-4,6,8-19H2,(H,22,23);6,8,18H,2-5,7,9-16H2,1H3;2H,1H3;1H2/p+1/b7-5-;8-6-;;/i/hT. The monoisotopic (exact) mass is 769 g/mol. The van der Waals surface area contributed by atoms with E-state index in [9.17, 15) is 9.59 Å². The minimum Gasteiger partial charge on any atom is -0.481 e. The number of carboxylic acid groups (broad SMARTS) is 1. The van der Waals surface area contributed by atoms with Gasteiger partial charge in [0.05, 0.1) is 16.0 Å². The van der Waals surface area contributed by atoms with Crippen molar-refractivity contribution in [1.82, 2.24) is 0 Å². The molecule has 1 rings (SSSR count). The first kappa shape index (κ1) is 51.3. The zero-order valence-electron chi connectivity index (χ0n) is 32.9. The molecule has 1 fully saturated rings. The summed E-state index contributed by atoms with van der Waals surface area (Å²) in [5, 5.41) is 24.2. The quantitative estimate of drug-likeness (QED) is 0.0284. The summed E-state index contributed by atoms with van der Waals surface area (Å²) in [6.45, 7) is 1.13. The largest absolute Gasteiger partial charge is 0.481 e. The number of hydrogen-bond acceptors (Lipinski definition) is 8. The molecule has 0 radical (unpaired) electrons. The number of aliphatic carboxylic acids is 1. The van der Waals surface area contributed by atoms with Crippen LogP contribution >= 0.6 is 15.9 Å². The molecular formula is C39H77O8P2S+. The van der Waals surface area contributed by atoms with Crippen molar-refractivity contribution in [3.63, 3.8) is 0 Å². The molecule has 50 heavy (non-hydrogen) atoms. The van der Waals surface area contributed by atoms with E-state index in [0.717, 1.165) is 84.5 Å². The molecule has 1 heterocycles. The van der Waals surface area contributed by atoms with Crippen molar-refractivity contribution < 1.29 is 39.1 Å². The molecule has 3 N–H and O–H groups in total. The smallest absolute Gasteiger partial charge is 0.355 e. The van der Waals surface area contributed by atoms with E-state index in [0.29, 0.717) is 19.4 Å². The minimum absolute atomic E-state index is 0.0569. The van der Waals surface area contributed by atoms with Crippen molar-refractivity contribution in [3.8, 4) is 0 Å². The zero-order valence-corrected chi connectivity index (χ0v) is 34.8. The highest BCUT2D eigenvalue weighted by Gasteiger charge is 2.13. The highest BCUT2D eigenvalue weighted by atomic mass is 32.6. The number of rotatable bonds is 30. The topological polar surface area (TPSA) is 123 Å². The third-order valence-corrected chi connectivity index (χ3v) is 8.06. The Labute approximate surface area is 317 Å². The number of esters is 1. The van der Waals surface area contributed by atoms with E-state index < -0.39 is 13.0 Å². The van der Waals surface area contributed by atoms with Crippen molar-refractivity contribution in [2.24, 2.45) is 0 Å². The van der Waals surface area contributed by atoms with Crippen LogP contribution in [-0.4, -0.2) is 68.9 Å². The minimum atomic E-state index is -0.870. The van der Waals surface area contributed by atoms with Gasteiger partial charge in [0.1, 0.15) is 0 Å². The summed E-state index contributed by atoms with van der Waals surface area (Å²) < 4.78 is 22.3. The van der Waals surface area contributed by atoms with Gasteiger partial charge in [0.15, 0.2) is 25.1 Å². The number of methoxy groups -OCH3 is 1. The Bertz CT molecular complexity index is 795. The summed E-state index contributed by atoms with van der Waals surface area (Å²) in [4.78, 5) is 21.3. The number of allylic oxidation sites excluding steroid dienone is 4. The molecule has 0 spiro atoms. The first-order valence-corrected chi connectivity index (χ1v) is 22.9. The van der Waals surface area contributed by atoms with Crippen LogP contribution in [0.5, 0.6) is 0 Å². The van der Waals surface area contributed by atoms with Crippen LogP contribution in [0.4, 0.5) is 0 Å². The SMILES string of the molecule is CO.COC(=O)CCCCCCCCC/C=C\CCCCO.O=C(O)CCCCCCCCC/C=C\CCCCOC1CCCCO1.[3H][P+](P)=S. The van der Waals surface area contributed by atoms with Gasteiger partial charge in [0, 0.05) is 39.8 Å². The van der Waals surface area contributed by atoms with E-state index in [-0.39, 0.29) is 12.3 Å². The van der Waals surface area contributed by atoms with E-state index in [1.165, 1.54) is 103 Å². The number of carbonyl (C=O) groups excluding carboxylic acids is 1. The Morgan fingerprint density at radius 2 is 1.18 bits per heavy atom. The average molecular weight is 770 g/mol. The summed E-state index contributed by atoms with van der Waals surface area (Å²) in [5.74, 6) is -0.756. The summed E-state index contributed by atoms with van der Waals surface area (Å²) in [7, 11) is 4.65. The molecule has 3 atom stereocenters. The molecule has 1 aliphatic rings. The predicted molar refractivity (Wildman–Crippen MR) is 219 cm³/mol. The molecule has 0 saturated carbocycles. The first-order chi connectivity index (χ1) is 24.8. The van der Waals surface area contributed by atoms with Gasteiger partial charge in [-0.05, 0) is 96.3 Å². The van der Waals surface area contributed by atoms with E-state index >= 15 is 0 Å². The van der Waals surface area contributed by atoms with E-state index in [1.807, 2.05) is 0 Å². The van der Waals surface area contributed by atoms with E-state index in [4.69, 9.17) is 26.1 Å². The third-order valence-electron chi connectivity index (χ3n) is 8.06. The highest BCUT2D eigenvalue weighted by molar-refractivity contribution is 8.24. The second kappa shape index (κ2) is 50.3. The van der Waals surface area contributed by atoms with Crippen LogP contribution in [-0.2, 0) is 35.6 Å². The van der Waals surface area contributed by atoms with Crippen LogP contribution in [0.1, 0.15) is 173 Å². The number of aliphatic hydroxyl groups excluding tert-OH is 2. The Morgan fingerprint density at radius 3 is 1.60 bits per heavy atom. The van der Waals surface area contributed by atoms with Crippen molar-refractivity contribution >= 4 is 39.7 Å². The van der Waals surface area contributed by atoms with Gasteiger partial charge >= 0.3 is 13.2 Å². The molecule has 8 nitrogen and oxygen atoms in total. The molecule has 11 heteroatoms. The van der Waals surface area contributed by atoms with Gasteiger partial charge in [0.25, 0.3) is 0 Å². The summed E-state index contributed by atoms with van der Waals surface area (Å²) >= 11 is 4.31. The van der Waals surface area contributed by atoms with Crippen molar-refractivity contribution in [2.75, 3.05) is 34.0 Å². The molecule has 0 aromatic heterocycles. The maximum atomic E-state index is 10.9. The number of carboxylic acids is 1. The first-order valence-electron chi connectivity index (χ1n) is 19.9. The predicted octanol–water partition coefficient (Wildman–Crippen LogP) is 10.8. The molecule has 3 unspecified atom stereocenters. The normalized spacial score (nSPS) is 14.5. The molecule has 1 aliphatic heterocycles. The Balaban J connectivity index is -0.000000796. The molecular weight excluding hydrogens is 690 g/mol. The van der Waals surface area contributed by atoms with Crippen molar-refractivity contribution in [2.45, 2.75) is 180 Å². The number of carbonyl (C=O) groups is 2. The molecule has 296 valence electrons. The fourth-order valence-electron chi connectivity index (χ4n) is 5.21. The zero-order chi connectivity index (χ0) is 38.5. The van der Waals surface area contributed by atoms with Gasteiger partial charge in [-0.1, -0.05) is 88.5 Å². The lowest BCUT2D eigenvalue weighted by Crippen LogP contribution is -2.22. The lowest BCUT2D eigenvalue weighted by Gasteiger charge is -2.22. The van der Waals surface area contributed by atoms with Crippen molar-refractivity contribution in [1.29, 1.82) is 1.28 Å². The lowest BCUT2D eigenvalue weighted by molar-refractivity contribution is -0.162. The third kappa shape index (κ3) is 51.6. The number of aliphatic hydroxyl groups is 2. The molecule has 0 amide bonds. The second-order valence-corrected chi connectivity index (χ2v) is 15.2. The summed E-state index contributed by atoms with van der Waals surface area (Å²) in [5.41, 5.74) is 0. The van der Waals surface area contributed by atoms with Gasteiger partial charge in [-0.3, -0.25) is 9.59 Å². The second-order valence-electron chi connectivity index (χ2n) is 12.4. The van der Waals surface area contributed by atoms with Crippen LogP contribution in [0.25, 0.3) is 0 Å². The van der Waals surface area contributed by atoms with Gasteiger partial charge < -0.3 is 29.5 Å². The van der Waals surface area contributed by atoms with Crippen LogP contribution in [0.3, 0.4) is 0 Å². The van der Waals surface area contributed by atoms with Crippen molar-refractivity contribution in [3.05, 3.63) is 24.3 Å². The lowest BCUT2D eigenvalue weighted by atomic mass is 10.1. The maximum Gasteiger partial charge on any atom is 0.355 e. The van der Waals surface area contributed by atoms with Gasteiger partial charge in [-0.2, -0.15) is 0 Å². The Morgan fingerprint density at radius 1 is 0.760 bits per heavy atom. The molecule has 0 bridgehead atoms. The number of ether oxygens (including phenoxy) is 3. The Kier molecular flexibility index (Phi) is 51.6. The fraction of sp³-hybridized carbons (Fsp3) is 0.846.